The molecule has 1 aromatic rings. The highest BCUT2D eigenvalue weighted by Gasteiger charge is 2.50. The molecule has 1 aliphatic heterocycles. The Morgan fingerprint density at radius 2 is 1.95 bits per heavy atom. The molecule has 2 N–H and O–H groups in total. The Hall–Kier alpha value is -1.35. The number of hydrogen-bond acceptors (Lipinski definition) is 2. The highest BCUT2D eigenvalue weighted by atomic mass is 16.2. The van der Waals surface area contributed by atoms with Gasteiger partial charge in [0.1, 0.15) is 0 Å². The van der Waals surface area contributed by atoms with E-state index < -0.39 is 5.41 Å². The van der Waals surface area contributed by atoms with Crippen molar-refractivity contribution in [1.82, 2.24) is 5.32 Å². The van der Waals surface area contributed by atoms with E-state index in [1.807, 2.05) is 20.9 Å². The van der Waals surface area contributed by atoms with Crippen LogP contribution in [0.15, 0.2) is 18.2 Å². The molecule has 3 rings (SSSR count). The van der Waals surface area contributed by atoms with E-state index >= 15 is 0 Å². The van der Waals surface area contributed by atoms with Gasteiger partial charge in [-0.05, 0) is 55.8 Å². The van der Waals surface area contributed by atoms with E-state index in [-0.39, 0.29) is 5.91 Å². The first-order chi connectivity index (χ1) is 9.27. The Labute approximate surface area is 121 Å². The van der Waals surface area contributed by atoms with E-state index in [9.17, 15) is 4.79 Å². The lowest BCUT2D eigenvalue weighted by Gasteiger charge is -2.21. The molecule has 0 aromatic heterocycles. The van der Waals surface area contributed by atoms with E-state index in [1.54, 1.807) is 0 Å². The molecule has 1 amide bonds. The minimum atomic E-state index is -0.428. The zero-order chi connectivity index (χ0) is 14.7. The number of fused-ring (bicyclic) bond motifs is 1. The second-order valence-electron chi connectivity index (χ2n) is 7.45. The summed E-state index contributed by atoms with van der Waals surface area (Å²) in [4.78, 5) is 12.0. The maximum Gasteiger partial charge on any atom is 0.234 e. The topological polar surface area (TPSA) is 41.1 Å². The Kier molecular flexibility index (Phi) is 2.78. The van der Waals surface area contributed by atoms with Crippen molar-refractivity contribution in [2.75, 3.05) is 12.4 Å². The summed E-state index contributed by atoms with van der Waals surface area (Å²) in [6, 6.07) is 6.79. The molecule has 0 spiro atoms. The van der Waals surface area contributed by atoms with Crippen LogP contribution in [0, 0.1) is 11.3 Å². The van der Waals surface area contributed by atoms with Gasteiger partial charge in [0.15, 0.2) is 0 Å². The molecule has 2 atom stereocenters. The number of rotatable bonds is 3. The lowest BCUT2D eigenvalue weighted by atomic mass is 9.84. The van der Waals surface area contributed by atoms with E-state index in [1.165, 1.54) is 12.0 Å². The summed E-state index contributed by atoms with van der Waals surface area (Å²) in [6.07, 6.45) is 1.26. The number of hydrogen-bond donors (Lipinski definition) is 2. The molecule has 1 aliphatic carbocycles. The zero-order valence-corrected chi connectivity index (χ0v) is 13.0. The van der Waals surface area contributed by atoms with Crippen LogP contribution in [0.4, 0.5) is 5.69 Å². The van der Waals surface area contributed by atoms with Crippen LogP contribution in [0.3, 0.4) is 0 Å². The van der Waals surface area contributed by atoms with Crippen molar-refractivity contribution in [2.45, 2.75) is 45.6 Å². The van der Waals surface area contributed by atoms with Gasteiger partial charge in [0, 0.05) is 11.7 Å². The monoisotopic (exact) mass is 272 g/mol. The Morgan fingerprint density at radius 3 is 2.50 bits per heavy atom. The van der Waals surface area contributed by atoms with Crippen LogP contribution in [0.25, 0.3) is 0 Å². The molecule has 108 valence electrons. The van der Waals surface area contributed by atoms with E-state index in [4.69, 9.17) is 0 Å². The molecule has 1 heterocycles. The third kappa shape index (κ3) is 1.87. The SMILES string of the molecule is CNC(c1ccc2c(c1)C(C)(C)C(=O)N2)C1CC1(C)C. The summed E-state index contributed by atoms with van der Waals surface area (Å²) in [7, 11) is 2.03. The molecular formula is C17H24N2O. The average Bonchev–Trinajstić information content (AvgIpc) is 2.92. The first-order valence-corrected chi connectivity index (χ1v) is 7.40. The minimum absolute atomic E-state index is 0.0948. The summed E-state index contributed by atoms with van der Waals surface area (Å²) in [6.45, 7) is 8.63. The molecular weight excluding hydrogens is 248 g/mol. The molecule has 1 fully saturated rings. The van der Waals surface area contributed by atoms with Gasteiger partial charge in [-0.15, -0.1) is 0 Å². The number of carbonyl (C=O) groups excluding carboxylic acids is 1. The summed E-state index contributed by atoms with van der Waals surface area (Å²) in [5.41, 5.74) is 3.39. The molecule has 0 radical (unpaired) electrons. The lowest BCUT2D eigenvalue weighted by molar-refractivity contribution is -0.119. The molecule has 0 bridgehead atoms. The van der Waals surface area contributed by atoms with Crippen LogP contribution in [0.2, 0.25) is 0 Å². The predicted molar refractivity (Wildman–Crippen MR) is 81.8 cm³/mol. The van der Waals surface area contributed by atoms with Crippen molar-refractivity contribution in [2.24, 2.45) is 11.3 Å². The van der Waals surface area contributed by atoms with Gasteiger partial charge in [-0.25, -0.2) is 0 Å². The van der Waals surface area contributed by atoms with Crippen LogP contribution >= 0.6 is 0 Å². The normalized spacial score (nSPS) is 26.9. The van der Waals surface area contributed by atoms with Crippen LogP contribution in [-0.4, -0.2) is 13.0 Å². The van der Waals surface area contributed by atoms with Crippen LogP contribution in [-0.2, 0) is 10.2 Å². The Balaban J connectivity index is 1.97. The quantitative estimate of drug-likeness (QED) is 0.887. The van der Waals surface area contributed by atoms with Gasteiger partial charge in [-0.1, -0.05) is 26.0 Å². The highest BCUT2D eigenvalue weighted by molar-refractivity contribution is 6.05. The van der Waals surface area contributed by atoms with Crippen LogP contribution < -0.4 is 10.6 Å². The fourth-order valence-corrected chi connectivity index (χ4v) is 3.46. The van der Waals surface area contributed by atoms with Crippen molar-refractivity contribution in [3.63, 3.8) is 0 Å². The third-order valence-corrected chi connectivity index (χ3v) is 5.19. The van der Waals surface area contributed by atoms with Gasteiger partial charge in [0.25, 0.3) is 0 Å². The fourth-order valence-electron chi connectivity index (χ4n) is 3.46. The molecule has 20 heavy (non-hydrogen) atoms. The first-order valence-electron chi connectivity index (χ1n) is 7.40. The number of nitrogens with one attached hydrogen (secondary N) is 2. The van der Waals surface area contributed by atoms with Gasteiger partial charge < -0.3 is 10.6 Å². The summed E-state index contributed by atoms with van der Waals surface area (Å²) in [5, 5.41) is 6.43. The number of benzene rings is 1. The predicted octanol–water partition coefficient (Wildman–Crippen LogP) is 3.22. The number of anilines is 1. The van der Waals surface area contributed by atoms with Gasteiger partial charge in [-0.2, -0.15) is 0 Å². The second-order valence-corrected chi connectivity index (χ2v) is 7.45. The largest absolute Gasteiger partial charge is 0.325 e. The highest BCUT2D eigenvalue weighted by Crippen LogP contribution is 2.58. The molecule has 2 unspecified atom stereocenters. The van der Waals surface area contributed by atoms with E-state index in [0.29, 0.717) is 17.4 Å². The molecule has 1 aromatic carbocycles. The van der Waals surface area contributed by atoms with Gasteiger partial charge in [0.05, 0.1) is 5.41 Å². The fraction of sp³-hybridized carbons (Fsp3) is 0.588. The molecule has 2 aliphatic rings. The van der Waals surface area contributed by atoms with Crippen LogP contribution in [0.1, 0.15) is 51.3 Å². The van der Waals surface area contributed by atoms with E-state index in [2.05, 4.69) is 42.7 Å². The van der Waals surface area contributed by atoms with Crippen molar-refractivity contribution in [3.8, 4) is 0 Å². The summed E-state index contributed by atoms with van der Waals surface area (Å²) in [5.74, 6) is 0.774. The minimum Gasteiger partial charge on any atom is -0.325 e. The van der Waals surface area contributed by atoms with Gasteiger partial charge in [-0.3, -0.25) is 4.79 Å². The number of carbonyl (C=O) groups is 1. The summed E-state index contributed by atoms with van der Waals surface area (Å²) >= 11 is 0. The molecule has 3 heteroatoms. The second kappa shape index (κ2) is 4.08. The maximum absolute atomic E-state index is 12.0. The standard InChI is InChI=1S/C17H24N2O/c1-16(2)9-12(16)14(18-5)10-6-7-13-11(8-10)17(3,4)15(20)19-13/h6-8,12,14,18H,9H2,1-5H3,(H,19,20). The van der Waals surface area contributed by atoms with Crippen molar-refractivity contribution < 1.29 is 4.79 Å². The van der Waals surface area contributed by atoms with Crippen molar-refractivity contribution >= 4 is 11.6 Å². The van der Waals surface area contributed by atoms with E-state index in [0.717, 1.165) is 11.3 Å². The average molecular weight is 272 g/mol. The Bertz CT molecular complexity index is 574. The van der Waals surface area contributed by atoms with Gasteiger partial charge in [0.2, 0.25) is 5.91 Å². The summed E-state index contributed by atoms with van der Waals surface area (Å²) < 4.78 is 0. The molecule has 3 nitrogen and oxygen atoms in total. The smallest absolute Gasteiger partial charge is 0.234 e. The molecule has 1 saturated carbocycles. The maximum atomic E-state index is 12.0. The zero-order valence-electron chi connectivity index (χ0n) is 13.0. The van der Waals surface area contributed by atoms with Crippen molar-refractivity contribution in [3.05, 3.63) is 29.3 Å². The Morgan fingerprint density at radius 1 is 1.30 bits per heavy atom. The molecule has 0 saturated heterocycles. The first kappa shape index (κ1) is 13.6. The number of amides is 1. The van der Waals surface area contributed by atoms with Crippen molar-refractivity contribution in [1.29, 1.82) is 0 Å². The van der Waals surface area contributed by atoms with Crippen LogP contribution in [0.5, 0.6) is 0 Å². The van der Waals surface area contributed by atoms with Gasteiger partial charge >= 0.3 is 0 Å². The third-order valence-electron chi connectivity index (χ3n) is 5.19. The lowest BCUT2D eigenvalue weighted by Crippen LogP contribution is -2.27.